The number of nitrogens with zero attached hydrogens (tertiary/aromatic N) is 3. The lowest BCUT2D eigenvalue weighted by molar-refractivity contribution is -0.137. The fourth-order valence-corrected chi connectivity index (χ4v) is 3.46. The van der Waals surface area contributed by atoms with Gasteiger partial charge in [-0.1, -0.05) is 26.0 Å². The average Bonchev–Trinajstić information content (AvgIpc) is 3.27. The topological polar surface area (TPSA) is 30.7 Å². The molecule has 130 valence electrons. The fourth-order valence-electron chi connectivity index (χ4n) is 3.46. The largest absolute Gasteiger partial charge is 0.417 e. The van der Waals surface area contributed by atoms with Crippen molar-refractivity contribution >= 4 is 10.9 Å². The number of benzene rings is 1. The SMILES string of the molecule is CC(C)[C@H]1C[C@@H]1c1ccc2cnn(-c3ccc(C(F)(F)F)cn3)c2c1. The van der Waals surface area contributed by atoms with Crippen molar-refractivity contribution in [2.24, 2.45) is 11.8 Å². The van der Waals surface area contributed by atoms with Crippen LogP contribution in [0.3, 0.4) is 0 Å². The molecule has 4 rings (SSSR count). The van der Waals surface area contributed by atoms with E-state index in [0.29, 0.717) is 23.6 Å². The molecule has 0 radical (unpaired) electrons. The third kappa shape index (κ3) is 2.90. The van der Waals surface area contributed by atoms with Crippen LogP contribution in [0.25, 0.3) is 16.7 Å². The van der Waals surface area contributed by atoms with Gasteiger partial charge in [0, 0.05) is 11.6 Å². The summed E-state index contributed by atoms with van der Waals surface area (Å²) in [5.74, 6) is 2.31. The van der Waals surface area contributed by atoms with Crippen molar-refractivity contribution in [2.75, 3.05) is 0 Å². The van der Waals surface area contributed by atoms with Crippen LogP contribution in [0.4, 0.5) is 13.2 Å². The van der Waals surface area contributed by atoms with Gasteiger partial charge in [-0.2, -0.15) is 18.3 Å². The van der Waals surface area contributed by atoms with E-state index in [2.05, 4.69) is 36.1 Å². The summed E-state index contributed by atoms with van der Waals surface area (Å²) in [6.45, 7) is 4.47. The zero-order valence-corrected chi connectivity index (χ0v) is 14.0. The maximum Gasteiger partial charge on any atom is 0.417 e. The van der Waals surface area contributed by atoms with Crippen molar-refractivity contribution in [1.82, 2.24) is 14.8 Å². The predicted molar refractivity (Wildman–Crippen MR) is 89.6 cm³/mol. The first-order valence-electron chi connectivity index (χ1n) is 8.36. The maximum absolute atomic E-state index is 12.7. The Morgan fingerprint density at radius 1 is 1.12 bits per heavy atom. The summed E-state index contributed by atoms with van der Waals surface area (Å²) in [4.78, 5) is 3.95. The van der Waals surface area contributed by atoms with Crippen molar-refractivity contribution in [2.45, 2.75) is 32.4 Å². The zero-order valence-electron chi connectivity index (χ0n) is 14.0. The smallest absolute Gasteiger partial charge is 0.236 e. The first-order chi connectivity index (χ1) is 11.8. The Hall–Kier alpha value is -2.37. The van der Waals surface area contributed by atoms with E-state index < -0.39 is 11.7 Å². The summed E-state index contributed by atoms with van der Waals surface area (Å²) in [6, 6.07) is 8.63. The highest BCUT2D eigenvalue weighted by Gasteiger charge is 2.40. The van der Waals surface area contributed by atoms with E-state index in [0.717, 1.165) is 23.2 Å². The van der Waals surface area contributed by atoms with Gasteiger partial charge in [-0.15, -0.1) is 0 Å². The van der Waals surface area contributed by atoms with Gasteiger partial charge in [0.15, 0.2) is 5.82 Å². The highest BCUT2D eigenvalue weighted by atomic mass is 19.4. The summed E-state index contributed by atoms with van der Waals surface area (Å²) in [7, 11) is 0. The number of rotatable bonds is 3. The van der Waals surface area contributed by atoms with Crippen LogP contribution in [0, 0.1) is 11.8 Å². The van der Waals surface area contributed by atoms with Crippen molar-refractivity contribution in [1.29, 1.82) is 0 Å². The minimum atomic E-state index is -4.39. The van der Waals surface area contributed by atoms with Gasteiger partial charge in [-0.3, -0.25) is 0 Å². The van der Waals surface area contributed by atoms with Gasteiger partial charge < -0.3 is 0 Å². The number of halogens is 3. The molecule has 0 N–H and O–H groups in total. The Bertz CT molecular complexity index is 910. The summed E-state index contributed by atoms with van der Waals surface area (Å²) in [5, 5.41) is 5.26. The first kappa shape index (κ1) is 16.1. The zero-order chi connectivity index (χ0) is 17.8. The second kappa shape index (κ2) is 5.58. The maximum atomic E-state index is 12.7. The number of fused-ring (bicyclic) bond motifs is 1. The van der Waals surface area contributed by atoms with Crippen molar-refractivity contribution in [3.05, 3.63) is 53.9 Å². The molecule has 2 aromatic heterocycles. The molecule has 1 aliphatic rings. The monoisotopic (exact) mass is 345 g/mol. The third-order valence-corrected chi connectivity index (χ3v) is 5.01. The molecule has 0 bridgehead atoms. The summed E-state index contributed by atoms with van der Waals surface area (Å²) >= 11 is 0. The molecule has 1 fully saturated rings. The number of alkyl halides is 3. The standard InChI is InChI=1S/C19H18F3N3/c1-11(2)15-8-16(15)12-3-4-13-9-24-25(17(13)7-12)18-6-5-14(10-23-18)19(20,21)22/h3-7,9-11,15-16H,8H2,1-2H3/t15-,16-/m1/s1. The Morgan fingerprint density at radius 2 is 1.92 bits per heavy atom. The van der Waals surface area contributed by atoms with Gasteiger partial charge in [-0.05, 0) is 47.9 Å². The molecule has 3 nitrogen and oxygen atoms in total. The van der Waals surface area contributed by atoms with Gasteiger partial charge in [0.1, 0.15) is 0 Å². The molecule has 0 spiro atoms. The van der Waals surface area contributed by atoms with Gasteiger partial charge in [-0.25, -0.2) is 9.67 Å². The van der Waals surface area contributed by atoms with E-state index in [9.17, 15) is 13.2 Å². The molecule has 0 aliphatic heterocycles. The van der Waals surface area contributed by atoms with Gasteiger partial charge in [0.2, 0.25) is 0 Å². The van der Waals surface area contributed by atoms with E-state index in [4.69, 9.17) is 0 Å². The summed E-state index contributed by atoms with van der Waals surface area (Å²) in [5.41, 5.74) is 1.38. The highest BCUT2D eigenvalue weighted by molar-refractivity contribution is 5.81. The fraction of sp³-hybridized carbons (Fsp3) is 0.368. The predicted octanol–water partition coefficient (Wildman–Crippen LogP) is 5.20. The third-order valence-electron chi connectivity index (χ3n) is 5.01. The molecule has 2 heterocycles. The minimum Gasteiger partial charge on any atom is -0.236 e. The number of hydrogen-bond donors (Lipinski definition) is 0. The first-order valence-corrected chi connectivity index (χ1v) is 8.36. The number of pyridine rings is 1. The summed E-state index contributed by atoms with van der Waals surface area (Å²) < 4.78 is 39.7. The molecule has 0 saturated heterocycles. The molecule has 1 aromatic carbocycles. The van der Waals surface area contributed by atoms with Crippen LogP contribution < -0.4 is 0 Å². The number of hydrogen-bond acceptors (Lipinski definition) is 2. The van der Waals surface area contributed by atoms with E-state index >= 15 is 0 Å². The molecule has 1 aliphatic carbocycles. The lowest BCUT2D eigenvalue weighted by Gasteiger charge is -2.08. The van der Waals surface area contributed by atoms with E-state index in [-0.39, 0.29) is 0 Å². The second-order valence-electron chi connectivity index (χ2n) is 7.03. The highest BCUT2D eigenvalue weighted by Crippen LogP contribution is 2.52. The lowest BCUT2D eigenvalue weighted by Crippen LogP contribution is -2.07. The van der Waals surface area contributed by atoms with Crippen molar-refractivity contribution < 1.29 is 13.2 Å². The molecule has 6 heteroatoms. The number of aromatic nitrogens is 3. The summed E-state index contributed by atoms with van der Waals surface area (Å²) in [6.07, 6.45) is -0.633. The second-order valence-corrected chi connectivity index (χ2v) is 7.03. The van der Waals surface area contributed by atoms with Gasteiger partial charge in [0.05, 0.1) is 17.3 Å². The average molecular weight is 345 g/mol. The van der Waals surface area contributed by atoms with E-state index in [1.165, 1.54) is 18.1 Å². The van der Waals surface area contributed by atoms with Gasteiger partial charge >= 0.3 is 6.18 Å². The van der Waals surface area contributed by atoms with E-state index in [1.54, 1.807) is 10.9 Å². The van der Waals surface area contributed by atoms with Crippen LogP contribution in [0.5, 0.6) is 0 Å². The Balaban J connectivity index is 1.70. The lowest BCUT2D eigenvalue weighted by atomic mass is 10.0. The van der Waals surface area contributed by atoms with Crippen LogP contribution in [0.1, 0.15) is 37.3 Å². The molecule has 0 unspecified atom stereocenters. The molecule has 2 atom stereocenters. The Kier molecular flexibility index (Phi) is 3.60. The van der Waals surface area contributed by atoms with Crippen molar-refractivity contribution in [3.8, 4) is 5.82 Å². The van der Waals surface area contributed by atoms with Crippen LogP contribution in [0.2, 0.25) is 0 Å². The molecular formula is C19H18F3N3. The molecule has 25 heavy (non-hydrogen) atoms. The molecule has 3 aromatic rings. The van der Waals surface area contributed by atoms with Crippen LogP contribution >= 0.6 is 0 Å². The van der Waals surface area contributed by atoms with Gasteiger partial charge in [0.25, 0.3) is 0 Å². The normalized spacial score (nSPS) is 20.4. The molecule has 1 saturated carbocycles. The Labute approximate surface area is 143 Å². The molecule has 0 amide bonds. The van der Waals surface area contributed by atoms with Crippen LogP contribution in [-0.4, -0.2) is 14.8 Å². The Morgan fingerprint density at radius 3 is 2.52 bits per heavy atom. The minimum absolute atomic E-state index is 0.386. The quantitative estimate of drug-likeness (QED) is 0.653. The van der Waals surface area contributed by atoms with E-state index in [1.807, 2.05) is 6.07 Å². The molecular weight excluding hydrogens is 327 g/mol. The van der Waals surface area contributed by atoms with Crippen LogP contribution in [0.15, 0.2) is 42.7 Å². The van der Waals surface area contributed by atoms with Crippen LogP contribution in [-0.2, 0) is 6.18 Å². The van der Waals surface area contributed by atoms with Crippen molar-refractivity contribution in [3.63, 3.8) is 0 Å².